The Balaban J connectivity index is 1.25. The van der Waals surface area contributed by atoms with Crippen LogP contribution in [0.3, 0.4) is 0 Å². The van der Waals surface area contributed by atoms with Crippen LogP contribution < -0.4 is 0 Å². The highest BCUT2D eigenvalue weighted by molar-refractivity contribution is 8.00. The number of hydrogen-bond donors (Lipinski definition) is 0. The maximum Gasteiger partial charge on any atom is 0.277 e. The largest absolute Gasteiger partial charge is 0.410 e. The van der Waals surface area contributed by atoms with Crippen molar-refractivity contribution < 1.29 is 9.21 Å². The van der Waals surface area contributed by atoms with Crippen LogP contribution in [0.5, 0.6) is 0 Å². The molecule has 0 saturated carbocycles. The third-order valence-corrected chi connectivity index (χ3v) is 8.16. The van der Waals surface area contributed by atoms with Gasteiger partial charge in [-0.1, -0.05) is 43.0 Å². The molecule has 0 fully saturated rings. The van der Waals surface area contributed by atoms with Crippen LogP contribution >= 0.6 is 23.1 Å². The zero-order chi connectivity index (χ0) is 20.7. The zero-order valence-electron chi connectivity index (χ0n) is 17.3. The van der Waals surface area contributed by atoms with Crippen molar-refractivity contribution in [1.29, 1.82) is 0 Å². The number of carbonyl (C=O) groups is 1. The van der Waals surface area contributed by atoms with Crippen molar-refractivity contribution in [3.05, 3.63) is 51.9 Å². The smallest absolute Gasteiger partial charge is 0.277 e. The topological polar surface area (TPSA) is 59.2 Å². The average molecular weight is 440 g/mol. The van der Waals surface area contributed by atoms with Gasteiger partial charge in [0.25, 0.3) is 11.1 Å². The first-order valence-corrected chi connectivity index (χ1v) is 12.2. The van der Waals surface area contributed by atoms with Crippen LogP contribution in [0.15, 0.2) is 40.0 Å². The van der Waals surface area contributed by atoms with Gasteiger partial charge in [-0.25, -0.2) is 0 Å². The molecule has 30 heavy (non-hydrogen) atoms. The number of hydrogen-bond acceptors (Lipinski definition) is 6. The summed E-state index contributed by atoms with van der Waals surface area (Å²) in [7, 11) is 0. The number of thiophene rings is 1. The van der Waals surface area contributed by atoms with Crippen LogP contribution in [-0.2, 0) is 30.6 Å². The van der Waals surface area contributed by atoms with E-state index in [-0.39, 0.29) is 11.2 Å². The van der Waals surface area contributed by atoms with Gasteiger partial charge in [0.1, 0.15) is 0 Å². The van der Waals surface area contributed by atoms with E-state index < -0.39 is 0 Å². The van der Waals surface area contributed by atoms with E-state index in [9.17, 15) is 4.79 Å². The summed E-state index contributed by atoms with van der Waals surface area (Å²) in [5.74, 6) is 1.42. The number of rotatable bonds is 4. The molecule has 2 aromatic heterocycles. The van der Waals surface area contributed by atoms with Gasteiger partial charge in [-0.2, -0.15) is 0 Å². The number of fused-ring (bicyclic) bond motifs is 2. The van der Waals surface area contributed by atoms with Crippen LogP contribution in [0.1, 0.15) is 41.8 Å². The lowest BCUT2D eigenvalue weighted by atomic mass is 9.90. The first kappa shape index (κ1) is 19.8. The Hall–Kier alpha value is -2.12. The first-order chi connectivity index (χ1) is 14.6. The number of aromatic nitrogens is 2. The fourth-order valence-electron chi connectivity index (χ4n) is 4.31. The van der Waals surface area contributed by atoms with E-state index in [2.05, 4.69) is 41.4 Å². The van der Waals surface area contributed by atoms with Crippen LogP contribution in [0, 0.1) is 5.92 Å². The predicted octanol–water partition coefficient (Wildman–Crippen LogP) is 4.99. The van der Waals surface area contributed by atoms with Crippen LogP contribution in [0.2, 0.25) is 0 Å². The normalized spacial score (nSPS) is 19.3. The summed E-state index contributed by atoms with van der Waals surface area (Å²) in [5.41, 5.74) is 4.01. The van der Waals surface area contributed by atoms with E-state index in [1.807, 2.05) is 17.9 Å². The summed E-state index contributed by atoms with van der Waals surface area (Å²) < 4.78 is 5.92. The van der Waals surface area contributed by atoms with Crippen molar-refractivity contribution in [3.8, 4) is 10.8 Å². The molecule has 3 aromatic rings. The van der Waals surface area contributed by atoms with E-state index >= 15 is 0 Å². The highest BCUT2D eigenvalue weighted by Crippen LogP contribution is 2.37. The van der Waals surface area contributed by atoms with Crippen LogP contribution in [0.4, 0.5) is 0 Å². The first-order valence-electron chi connectivity index (χ1n) is 10.5. The molecule has 156 valence electrons. The summed E-state index contributed by atoms with van der Waals surface area (Å²) >= 11 is 3.12. The molecule has 7 heteroatoms. The van der Waals surface area contributed by atoms with Gasteiger partial charge in [-0.3, -0.25) is 4.79 Å². The molecule has 5 rings (SSSR count). The fraction of sp³-hybridized carbons (Fsp3) is 0.435. The molecule has 3 heterocycles. The number of carbonyl (C=O) groups excluding carboxylic acids is 1. The number of aryl methyl sites for hydroxylation is 1. The minimum absolute atomic E-state index is 0.120. The Morgan fingerprint density at radius 2 is 2.07 bits per heavy atom. The lowest BCUT2D eigenvalue weighted by Crippen LogP contribution is -2.40. The predicted molar refractivity (Wildman–Crippen MR) is 120 cm³/mol. The van der Waals surface area contributed by atoms with Gasteiger partial charge >= 0.3 is 0 Å². The van der Waals surface area contributed by atoms with Crippen LogP contribution in [-0.4, -0.2) is 32.8 Å². The highest BCUT2D eigenvalue weighted by Gasteiger charge is 2.27. The molecule has 0 spiro atoms. The number of nitrogens with zero attached hydrogens (tertiary/aromatic N) is 3. The second-order valence-corrected chi connectivity index (χ2v) is 10.7. The molecule has 5 nitrogen and oxygen atoms in total. The van der Waals surface area contributed by atoms with Crippen molar-refractivity contribution >= 4 is 29.0 Å². The standard InChI is InChI=1S/C23H25N3O2S2/c1-14-7-8-19-18(11-14)12-20(30-19)21-24-25-23(28-21)29-15(2)22(27)26-10-9-16-5-3-4-6-17(16)13-26/h3-6,12,14-15H,7-11,13H2,1-2H3/t14-,15+/m0/s1. The van der Waals surface area contributed by atoms with Gasteiger partial charge in [-0.05, 0) is 61.3 Å². The molecule has 0 radical (unpaired) electrons. The molecule has 0 saturated heterocycles. The van der Waals surface area contributed by atoms with E-state index in [0.717, 1.165) is 36.6 Å². The Morgan fingerprint density at radius 3 is 2.93 bits per heavy atom. The second kappa shape index (κ2) is 8.19. The van der Waals surface area contributed by atoms with E-state index in [0.29, 0.717) is 17.7 Å². The molecular formula is C23H25N3O2S2. The molecule has 1 aliphatic carbocycles. The third-order valence-electron chi connectivity index (χ3n) is 6.01. The lowest BCUT2D eigenvalue weighted by molar-refractivity contribution is -0.131. The maximum atomic E-state index is 13.0. The van der Waals surface area contributed by atoms with Crippen LogP contribution in [0.25, 0.3) is 10.8 Å². The van der Waals surface area contributed by atoms with Gasteiger partial charge < -0.3 is 9.32 Å². The molecule has 2 aliphatic rings. The molecule has 2 atom stereocenters. The maximum absolute atomic E-state index is 13.0. The van der Waals surface area contributed by atoms with Gasteiger partial charge in [-0.15, -0.1) is 21.5 Å². The van der Waals surface area contributed by atoms with Crippen molar-refractivity contribution in [1.82, 2.24) is 15.1 Å². The Labute approximate surface area is 184 Å². The Bertz CT molecular complexity index is 1070. The second-order valence-electron chi connectivity index (χ2n) is 8.32. The fourth-order valence-corrected chi connectivity index (χ4v) is 6.21. The summed E-state index contributed by atoms with van der Waals surface area (Å²) in [6.45, 7) is 5.66. The number of amides is 1. The SMILES string of the molecule is C[C@H]1CCc2sc(-c3nnc(S[C@H](C)C(=O)N4CCc5ccccc5C4)o3)cc2C1. The van der Waals surface area contributed by atoms with Crippen molar-refractivity contribution in [2.45, 2.75) is 56.5 Å². The van der Waals surface area contributed by atoms with Crippen molar-refractivity contribution in [3.63, 3.8) is 0 Å². The van der Waals surface area contributed by atoms with E-state index in [1.165, 1.54) is 39.8 Å². The molecule has 1 aliphatic heterocycles. The number of thioether (sulfide) groups is 1. The minimum Gasteiger partial charge on any atom is -0.410 e. The number of benzene rings is 1. The van der Waals surface area contributed by atoms with Gasteiger partial charge in [0.2, 0.25) is 5.91 Å². The Kier molecular flexibility index (Phi) is 5.41. The van der Waals surface area contributed by atoms with E-state index in [1.54, 1.807) is 11.3 Å². The molecular weight excluding hydrogens is 414 g/mol. The lowest BCUT2D eigenvalue weighted by Gasteiger charge is -2.30. The monoisotopic (exact) mass is 439 g/mol. The van der Waals surface area contributed by atoms with Crippen molar-refractivity contribution in [2.75, 3.05) is 6.54 Å². The molecule has 1 amide bonds. The quantitative estimate of drug-likeness (QED) is 0.536. The highest BCUT2D eigenvalue weighted by atomic mass is 32.2. The molecule has 1 aromatic carbocycles. The Morgan fingerprint density at radius 1 is 1.23 bits per heavy atom. The third kappa shape index (κ3) is 3.93. The summed E-state index contributed by atoms with van der Waals surface area (Å²) in [6, 6.07) is 10.6. The van der Waals surface area contributed by atoms with Gasteiger partial charge in [0.15, 0.2) is 0 Å². The average Bonchev–Trinajstić information content (AvgIpc) is 3.39. The van der Waals surface area contributed by atoms with Crippen molar-refractivity contribution in [2.24, 2.45) is 5.92 Å². The summed E-state index contributed by atoms with van der Waals surface area (Å²) in [6.07, 6.45) is 4.43. The zero-order valence-corrected chi connectivity index (χ0v) is 18.9. The van der Waals surface area contributed by atoms with Gasteiger partial charge in [0, 0.05) is 18.0 Å². The van der Waals surface area contributed by atoms with E-state index in [4.69, 9.17) is 4.42 Å². The van der Waals surface area contributed by atoms with Gasteiger partial charge in [0.05, 0.1) is 10.1 Å². The molecule has 0 N–H and O–H groups in total. The summed E-state index contributed by atoms with van der Waals surface area (Å²) in [4.78, 5) is 17.4. The minimum atomic E-state index is -0.263. The molecule has 0 bridgehead atoms. The summed E-state index contributed by atoms with van der Waals surface area (Å²) in [5, 5.41) is 8.65. The molecule has 0 unspecified atom stereocenters.